The van der Waals surface area contributed by atoms with Gasteiger partial charge in [0.2, 0.25) is 0 Å². The van der Waals surface area contributed by atoms with Crippen LogP contribution in [-0.4, -0.2) is 28.6 Å². The van der Waals surface area contributed by atoms with Crippen molar-refractivity contribution in [3.8, 4) is 0 Å². The molecule has 1 aromatic rings. The maximum absolute atomic E-state index is 11.0. The Morgan fingerprint density at radius 2 is 2.17 bits per heavy atom. The first-order chi connectivity index (χ1) is 8.61. The van der Waals surface area contributed by atoms with E-state index in [0.29, 0.717) is 10.9 Å². The second kappa shape index (κ2) is 5.85. The first-order valence-corrected chi connectivity index (χ1v) is 7.50. The quantitative estimate of drug-likeness (QED) is 0.887. The topological polar surface area (TPSA) is 40.5 Å². The van der Waals surface area contributed by atoms with Gasteiger partial charge in [0.15, 0.2) is 0 Å². The molecule has 0 atom stereocenters. The van der Waals surface area contributed by atoms with Crippen LogP contribution in [0.3, 0.4) is 0 Å². The van der Waals surface area contributed by atoms with Gasteiger partial charge in [0.1, 0.15) is 4.88 Å². The molecule has 1 aromatic heterocycles. The first-order valence-electron chi connectivity index (χ1n) is 6.68. The number of aromatic carboxylic acids is 1. The molecule has 0 spiro atoms. The van der Waals surface area contributed by atoms with Crippen molar-refractivity contribution in [3.63, 3.8) is 0 Å². The molecular formula is C14H21NO2S. The summed E-state index contributed by atoms with van der Waals surface area (Å²) in [6.45, 7) is 6.16. The lowest BCUT2D eigenvalue weighted by molar-refractivity contribution is 0.0702. The molecule has 100 valence electrons. The van der Waals surface area contributed by atoms with Gasteiger partial charge in [-0.25, -0.2) is 4.79 Å². The number of carboxylic acid groups (broad SMARTS) is 1. The molecule has 1 aliphatic carbocycles. The number of hydrogen-bond acceptors (Lipinski definition) is 3. The van der Waals surface area contributed by atoms with Crippen LogP contribution in [0.4, 0.5) is 0 Å². The first kappa shape index (κ1) is 13.6. The molecule has 2 rings (SSSR count). The van der Waals surface area contributed by atoms with Crippen LogP contribution >= 0.6 is 11.3 Å². The van der Waals surface area contributed by atoms with Crippen LogP contribution < -0.4 is 0 Å². The monoisotopic (exact) mass is 267 g/mol. The average Bonchev–Trinajstić information content (AvgIpc) is 2.96. The lowest BCUT2D eigenvalue weighted by Crippen LogP contribution is -2.32. The summed E-state index contributed by atoms with van der Waals surface area (Å²) in [7, 11) is 0. The van der Waals surface area contributed by atoms with Crippen molar-refractivity contribution in [2.45, 2.75) is 52.1 Å². The van der Waals surface area contributed by atoms with E-state index in [2.05, 4.69) is 11.8 Å². The van der Waals surface area contributed by atoms with E-state index in [9.17, 15) is 4.79 Å². The van der Waals surface area contributed by atoms with Crippen LogP contribution in [0, 0.1) is 6.92 Å². The molecule has 0 saturated heterocycles. The van der Waals surface area contributed by atoms with Gasteiger partial charge in [-0.2, -0.15) is 0 Å². The molecule has 1 heterocycles. The zero-order valence-electron chi connectivity index (χ0n) is 11.1. The van der Waals surface area contributed by atoms with E-state index < -0.39 is 5.97 Å². The van der Waals surface area contributed by atoms with Crippen LogP contribution in [0.5, 0.6) is 0 Å². The zero-order chi connectivity index (χ0) is 13.1. The fraction of sp³-hybridized carbons (Fsp3) is 0.643. The second-order valence-corrected chi connectivity index (χ2v) is 6.25. The SMILES string of the molecule is CCN(Cc1cc(C(=O)O)sc1C)C1CCCC1. The van der Waals surface area contributed by atoms with E-state index >= 15 is 0 Å². The van der Waals surface area contributed by atoms with E-state index in [-0.39, 0.29) is 0 Å². The predicted molar refractivity (Wildman–Crippen MR) is 74.4 cm³/mol. The minimum absolute atomic E-state index is 0.463. The summed E-state index contributed by atoms with van der Waals surface area (Å²) in [5.74, 6) is -0.807. The molecule has 0 radical (unpaired) electrons. The Morgan fingerprint density at radius 3 is 2.67 bits per heavy atom. The number of carboxylic acids is 1. The van der Waals surface area contributed by atoms with E-state index in [1.54, 1.807) is 0 Å². The highest BCUT2D eigenvalue weighted by atomic mass is 32.1. The summed E-state index contributed by atoms with van der Waals surface area (Å²) in [4.78, 5) is 15.1. The molecule has 1 N–H and O–H groups in total. The second-order valence-electron chi connectivity index (χ2n) is 5.00. The minimum Gasteiger partial charge on any atom is -0.477 e. The van der Waals surface area contributed by atoms with Crippen LogP contribution in [0.25, 0.3) is 0 Å². The summed E-state index contributed by atoms with van der Waals surface area (Å²) in [5.41, 5.74) is 1.19. The summed E-state index contributed by atoms with van der Waals surface area (Å²) in [5, 5.41) is 9.02. The number of thiophene rings is 1. The average molecular weight is 267 g/mol. The maximum Gasteiger partial charge on any atom is 0.345 e. The lowest BCUT2D eigenvalue weighted by Gasteiger charge is -2.27. The normalized spacial score (nSPS) is 16.6. The molecule has 1 fully saturated rings. The van der Waals surface area contributed by atoms with Gasteiger partial charge < -0.3 is 5.11 Å². The van der Waals surface area contributed by atoms with Crippen molar-refractivity contribution in [1.82, 2.24) is 4.90 Å². The van der Waals surface area contributed by atoms with Crippen LogP contribution in [-0.2, 0) is 6.54 Å². The van der Waals surface area contributed by atoms with E-state index in [4.69, 9.17) is 5.11 Å². The van der Waals surface area contributed by atoms with E-state index in [1.165, 1.54) is 42.6 Å². The van der Waals surface area contributed by atoms with Crippen LogP contribution in [0.15, 0.2) is 6.07 Å². The third kappa shape index (κ3) is 2.93. The highest BCUT2D eigenvalue weighted by molar-refractivity contribution is 7.14. The Balaban J connectivity index is 2.08. The van der Waals surface area contributed by atoms with E-state index in [0.717, 1.165) is 18.0 Å². The Kier molecular flexibility index (Phi) is 4.40. The molecule has 1 saturated carbocycles. The Morgan fingerprint density at radius 1 is 1.50 bits per heavy atom. The number of hydrogen-bond donors (Lipinski definition) is 1. The van der Waals surface area contributed by atoms with Gasteiger partial charge in [-0.15, -0.1) is 11.3 Å². The number of aryl methyl sites for hydroxylation is 1. The number of nitrogens with zero attached hydrogens (tertiary/aromatic N) is 1. The molecule has 0 aromatic carbocycles. The molecule has 3 nitrogen and oxygen atoms in total. The van der Waals surface area contributed by atoms with Crippen molar-refractivity contribution in [3.05, 3.63) is 21.4 Å². The van der Waals surface area contributed by atoms with Crippen LogP contribution in [0.2, 0.25) is 0 Å². The fourth-order valence-corrected chi connectivity index (χ4v) is 3.64. The third-order valence-corrected chi connectivity index (χ3v) is 4.93. The molecule has 0 unspecified atom stereocenters. The molecule has 0 bridgehead atoms. The van der Waals surface area contributed by atoms with Crippen molar-refractivity contribution < 1.29 is 9.90 Å². The molecule has 0 amide bonds. The van der Waals surface area contributed by atoms with Crippen molar-refractivity contribution >= 4 is 17.3 Å². The van der Waals surface area contributed by atoms with Gasteiger partial charge in [-0.1, -0.05) is 19.8 Å². The molecular weight excluding hydrogens is 246 g/mol. The summed E-state index contributed by atoms with van der Waals surface area (Å²) in [6.07, 6.45) is 5.26. The van der Waals surface area contributed by atoms with Crippen molar-refractivity contribution in [2.75, 3.05) is 6.54 Å². The fourth-order valence-electron chi connectivity index (χ4n) is 2.77. The third-order valence-electron chi connectivity index (χ3n) is 3.85. The van der Waals surface area contributed by atoms with Crippen molar-refractivity contribution in [1.29, 1.82) is 0 Å². The highest BCUT2D eigenvalue weighted by Crippen LogP contribution is 2.28. The van der Waals surface area contributed by atoms with Gasteiger partial charge in [0, 0.05) is 17.5 Å². The lowest BCUT2D eigenvalue weighted by atomic mass is 10.1. The molecule has 0 aliphatic heterocycles. The van der Waals surface area contributed by atoms with Gasteiger partial charge >= 0.3 is 5.97 Å². The number of carbonyl (C=O) groups is 1. The van der Waals surface area contributed by atoms with Gasteiger partial charge in [0.25, 0.3) is 0 Å². The Hall–Kier alpha value is -0.870. The predicted octanol–water partition coefficient (Wildman–Crippen LogP) is 3.52. The molecule has 1 aliphatic rings. The van der Waals surface area contributed by atoms with Gasteiger partial charge in [0.05, 0.1) is 0 Å². The highest BCUT2D eigenvalue weighted by Gasteiger charge is 2.22. The Labute approximate surface area is 112 Å². The van der Waals surface area contributed by atoms with Gasteiger partial charge in [-0.05, 0) is 37.9 Å². The number of rotatable bonds is 5. The molecule has 4 heteroatoms. The van der Waals surface area contributed by atoms with E-state index in [1.807, 2.05) is 13.0 Å². The smallest absolute Gasteiger partial charge is 0.345 e. The van der Waals surface area contributed by atoms with Crippen LogP contribution in [0.1, 0.15) is 52.7 Å². The standard InChI is InChI=1S/C14H21NO2S/c1-3-15(12-6-4-5-7-12)9-11-8-13(14(16)17)18-10(11)2/h8,12H,3-7,9H2,1-2H3,(H,16,17). The largest absolute Gasteiger partial charge is 0.477 e. The Bertz CT molecular complexity index is 421. The molecule has 18 heavy (non-hydrogen) atoms. The summed E-state index contributed by atoms with van der Waals surface area (Å²) < 4.78 is 0. The van der Waals surface area contributed by atoms with Crippen molar-refractivity contribution in [2.24, 2.45) is 0 Å². The summed E-state index contributed by atoms with van der Waals surface area (Å²) >= 11 is 1.39. The zero-order valence-corrected chi connectivity index (χ0v) is 11.9. The van der Waals surface area contributed by atoms with Gasteiger partial charge in [-0.3, -0.25) is 4.90 Å². The maximum atomic E-state index is 11.0. The summed E-state index contributed by atoms with van der Waals surface area (Å²) in [6, 6.07) is 2.54. The minimum atomic E-state index is -0.807.